The number of nitrogens with one attached hydrogen (secondary N) is 2. The zero-order chi connectivity index (χ0) is 15.8. The molecule has 0 saturated heterocycles. The summed E-state index contributed by atoms with van der Waals surface area (Å²) in [6.07, 6.45) is 0. The fourth-order valence-electron chi connectivity index (χ4n) is 1.62. The Morgan fingerprint density at radius 1 is 1.14 bits per heavy atom. The number of rotatable bonds is 4. The standard InChI is InChI=1S/C16H13N3O2S/c17-10-12-6-8-13(9-7-12)18-16(22)19-15(20)11-21-14-4-2-1-3-5-14/h1-9H,11H2,(H2,18,19,20,22). The molecular weight excluding hydrogens is 298 g/mol. The molecule has 0 aliphatic heterocycles. The molecule has 6 heteroatoms. The van der Waals surface area contributed by atoms with Crippen molar-refractivity contribution in [2.75, 3.05) is 11.9 Å². The molecule has 0 atom stereocenters. The molecule has 0 saturated carbocycles. The number of amides is 1. The Kier molecular flexibility index (Phi) is 5.46. The van der Waals surface area contributed by atoms with Crippen molar-refractivity contribution in [2.45, 2.75) is 0 Å². The molecule has 0 spiro atoms. The Morgan fingerprint density at radius 3 is 2.45 bits per heavy atom. The Morgan fingerprint density at radius 2 is 1.82 bits per heavy atom. The number of nitriles is 1. The van der Waals surface area contributed by atoms with Crippen LogP contribution in [0, 0.1) is 11.3 Å². The maximum atomic E-state index is 11.7. The first kappa shape index (κ1) is 15.5. The van der Waals surface area contributed by atoms with Gasteiger partial charge in [-0.25, -0.2) is 0 Å². The molecule has 2 rings (SSSR count). The molecule has 5 nitrogen and oxygen atoms in total. The molecule has 0 aliphatic carbocycles. The van der Waals surface area contributed by atoms with E-state index in [9.17, 15) is 4.79 Å². The fourth-order valence-corrected chi connectivity index (χ4v) is 1.85. The second-order valence-corrected chi connectivity index (χ2v) is 4.70. The quantitative estimate of drug-likeness (QED) is 0.848. The van der Waals surface area contributed by atoms with E-state index in [-0.39, 0.29) is 17.6 Å². The largest absolute Gasteiger partial charge is 0.484 e. The number of benzene rings is 2. The number of anilines is 1. The maximum absolute atomic E-state index is 11.7. The average molecular weight is 311 g/mol. The van der Waals surface area contributed by atoms with Crippen LogP contribution in [-0.2, 0) is 4.79 Å². The lowest BCUT2D eigenvalue weighted by molar-refractivity contribution is -0.121. The van der Waals surface area contributed by atoms with E-state index in [0.29, 0.717) is 17.0 Å². The summed E-state index contributed by atoms with van der Waals surface area (Å²) in [5, 5.41) is 14.3. The molecule has 0 heterocycles. The van der Waals surface area contributed by atoms with Gasteiger partial charge in [0.05, 0.1) is 11.6 Å². The second kappa shape index (κ2) is 7.76. The van der Waals surface area contributed by atoms with Crippen LogP contribution in [0.15, 0.2) is 54.6 Å². The summed E-state index contributed by atoms with van der Waals surface area (Å²) in [4.78, 5) is 11.7. The van der Waals surface area contributed by atoms with Crippen LogP contribution in [-0.4, -0.2) is 17.6 Å². The third-order valence-corrected chi connectivity index (χ3v) is 2.84. The summed E-state index contributed by atoms with van der Waals surface area (Å²) in [5.74, 6) is 0.263. The number of nitrogens with zero attached hydrogens (tertiary/aromatic N) is 1. The van der Waals surface area contributed by atoms with E-state index in [1.54, 1.807) is 36.4 Å². The molecular formula is C16H13N3O2S. The molecule has 2 aromatic carbocycles. The third-order valence-electron chi connectivity index (χ3n) is 2.64. The van der Waals surface area contributed by atoms with E-state index in [1.165, 1.54) is 0 Å². The fraction of sp³-hybridized carbons (Fsp3) is 0.0625. The molecule has 0 aromatic heterocycles. The number of thiocarbonyl (C=S) groups is 1. The highest BCUT2D eigenvalue weighted by molar-refractivity contribution is 7.80. The van der Waals surface area contributed by atoms with Crippen LogP contribution < -0.4 is 15.4 Å². The molecule has 0 radical (unpaired) electrons. The molecule has 1 amide bonds. The van der Waals surface area contributed by atoms with Crippen molar-refractivity contribution in [1.82, 2.24) is 5.32 Å². The smallest absolute Gasteiger partial charge is 0.264 e. The molecule has 2 aromatic rings. The second-order valence-electron chi connectivity index (χ2n) is 4.29. The van der Waals surface area contributed by atoms with Crippen LogP contribution in [0.4, 0.5) is 5.69 Å². The van der Waals surface area contributed by atoms with Crippen LogP contribution in [0.5, 0.6) is 5.75 Å². The van der Waals surface area contributed by atoms with E-state index in [4.69, 9.17) is 22.2 Å². The Labute approximate surface area is 133 Å². The number of carbonyl (C=O) groups excluding carboxylic acids is 1. The van der Waals surface area contributed by atoms with E-state index in [0.717, 1.165) is 0 Å². The maximum Gasteiger partial charge on any atom is 0.264 e. The Bertz CT molecular complexity index is 694. The van der Waals surface area contributed by atoms with Crippen LogP contribution >= 0.6 is 12.2 Å². The van der Waals surface area contributed by atoms with E-state index >= 15 is 0 Å². The molecule has 0 fully saturated rings. The average Bonchev–Trinajstić information content (AvgIpc) is 2.54. The lowest BCUT2D eigenvalue weighted by Gasteiger charge is -2.10. The highest BCUT2D eigenvalue weighted by Crippen LogP contribution is 2.09. The number of hydrogen-bond donors (Lipinski definition) is 2. The highest BCUT2D eigenvalue weighted by atomic mass is 32.1. The molecule has 2 N–H and O–H groups in total. The minimum Gasteiger partial charge on any atom is -0.484 e. The van der Waals surface area contributed by atoms with Crippen molar-refractivity contribution in [2.24, 2.45) is 0 Å². The third kappa shape index (κ3) is 4.89. The normalized spacial score (nSPS) is 9.41. The van der Waals surface area contributed by atoms with Gasteiger partial charge in [-0.15, -0.1) is 0 Å². The van der Waals surface area contributed by atoms with Gasteiger partial charge in [0, 0.05) is 5.69 Å². The van der Waals surface area contributed by atoms with Crippen molar-refractivity contribution in [3.8, 4) is 11.8 Å². The van der Waals surface area contributed by atoms with Crippen LogP contribution in [0.3, 0.4) is 0 Å². The Hall–Kier alpha value is -2.91. The van der Waals surface area contributed by atoms with Gasteiger partial charge >= 0.3 is 0 Å². The molecule has 0 unspecified atom stereocenters. The first-order valence-corrected chi connectivity index (χ1v) is 6.87. The lowest BCUT2D eigenvalue weighted by atomic mass is 10.2. The lowest BCUT2D eigenvalue weighted by Crippen LogP contribution is -2.37. The highest BCUT2D eigenvalue weighted by Gasteiger charge is 2.06. The topological polar surface area (TPSA) is 74.2 Å². The van der Waals surface area contributed by atoms with Gasteiger partial charge in [-0.3, -0.25) is 10.1 Å². The Balaban J connectivity index is 1.78. The van der Waals surface area contributed by atoms with Crippen LogP contribution in [0.1, 0.15) is 5.56 Å². The number of carbonyl (C=O) groups is 1. The minimum absolute atomic E-state index is 0.126. The molecule has 0 bridgehead atoms. The number of hydrogen-bond acceptors (Lipinski definition) is 4. The van der Waals surface area contributed by atoms with Gasteiger partial charge in [0.1, 0.15) is 5.75 Å². The zero-order valence-corrected chi connectivity index (χ0v) is 12.4. The minimum atomic E-state index is -0.352. The number of para-hydroxylation sites is 1. The van der Waals surface area contributed by atoms with Crippen LogP contribution in [0.25, 0.3) is 0 Å². The van der Waals surface area contributed by atoms with Crippen LogP contribution in [0.2, 0.25) is 0 Å². The molecule has 22 heavy (non-hydrogen) atoms. The summed E-state index contributed by atoms with van der Waals surface area (Å²) in [7, 11) is 0. The summed E-state index contributed by atoms with van der Waals surface area (Å²) < 4.78 is 5.31. The van der Waals surface area contributed by atoms with E-state index in [1.807, 2.05) is 24.3 Å². The van der Waals surface area contributed by atoms with Crippen molar-refractivity contribution < 1.29 is 9.53 Å². The van der Waals surface area contributed by atoms with Gasteiger partial charge in [0.2, 0.25) is 0 Å². The van der Waals surface area contributed by atoms with Gasteiger partial charge in [-0.1, -0.05) is 18.2 Å². The molecule has 110 valence electrons. The summed E-state index contributed by atoms with van der Waals surface area (Å²) in [6, 6.07) is 17.8. The van der Waals surface area contributed by atoms with Crippen molar-refractivity contribution in [1.29, 1.82) is 5.26 Å². The van der Waals surface area contributed by atoms with Gasteiger partial charge < -0.3 is 10.1 Å². The number of ether oxygens (including phenoxy) is 1. The van der Waals surface area contributed by atoms with E-state index < -0.39 is 0 Å². The van der Waals surface area contributed by atoms with Crippen molar-refractivity contribution in [3.63, 3.8) is 0 Å². The van der Waals surface area contributed by atoms with Gasteiger partial charge in [0.25, 0.3) is 5.91 Å². The summed E-state index contributed by atoms with van der Waals surface area (Å²) in [5.41, 5.74) is 1.24. The zero-order valence-electron chi connectivity index (χ0n) is 11.6. The summed E-state index contributed by atoms with van der Waals surface area (Å²) >= 11 is 5.04. The van der Waals surface area contributed by atoms with Crippen molar-refractivity contribution in [3.05, 3.63) is 60.2 Å². The van der Waals surface area contributed by atoms with Gasteiger partial charge in [-0.05, 0) is 48.6 Å². The first-order valence-electron chi connectivity index (χ1n) is 6.46. The van der Waals surface area contributed by atoms with E-state index in [2.05, 4.69) is 10.6 Å². The van der Waals surface area contributed by atoms with Gasteiger partial charge in [-0.2, -0.15) is 5.26 Å². The SMILES string of the molecule is N#Cc1ccc(NC(=S)NC(=O)COc2ccccc2)cc1. The first-order chi connectivity index (χ1) is 10.7. The van der Waals surface area contributed by atoms with Gasteiger partial charge in [0.15, 0.2) is 11.7 Å². The predicted octanol–water partition coefficient (Wildman–Crippen LogP) is 2.45. The molecule has 0 aliphatic rings. The monoisotopic (exact) mass is 311 g/mol. The predicted molar refractivity (Wildman–Crippen MR) is 87.5 cm³/mol. The summed E-state index contributed by atoms with van der Waals surface area (Å²) in [6.45, 7) is -0.126. The van der Waals surface area contributed by atoms with Crippen molar-refractivity contribution >= 4 is 28.9 Å².